The van der Waals surface area contributed by atoms with Crippen LogP contribution in [-0.2, 0) is 16.1 Å². The number of hydrogen-bond acceptors (Lipinski definition) is 4. The molecule has 0 saturated heterocycles. The Labute approximate surface area is 152 Å². The lowest BCUT2D eigenvalue weighted by molar-refractivity contribution is 0.416. The molecule has 1 atom stereocenters. The third kappa shape index (κ3) is 4.66. The molecule has 2 aromatic rings. The van der Waals surface area contributed by atoms with E-state index in [1.54, 1.807) is 13.3 Å². The van der Waals surface area contributed by atoms with Gasteiger partial charge in [0, 0.05) is 5.56 Å². The fourth-order valence-corrected chi connectivity index (χ4v) is 2.79. The topological polar surface area (TPSA) is 44.6 Å². The summed E-state index contributed by atoms with van der Waals surface area (Å²) < 4.78 is 21.1. The largest absolute Gasteiger partial charge is 0.591 e. The van der Waals surface area contributed by atoms with Gasteiger partial charge in [0.1, 0.15) is 16.1 Å². The van der Waals surface area contributed by atoms with E-state index in [0.717, 1.165) is 22.3 Å². The van der Waals surface area contributed by atoms with Gasteiger partial charge in [0.15, 0.2) is 5.05 Å². The van der Waals surface area contributed by atoms with E-state index in [0.29, 0.717) is 5.05 Å². The summed E-state index contributed by atoms with van der Waals surface area (Å²) in [5.41, 5.74) is 3.78. The van der Waals surface area contributed by atoms with E-state index in [2.05, 4.69) is 4.40 Å². The number of methoxy groups -OCH3 is 1. The van der Waals surface area contributed by atoms with Crippen LogP contribution >= 0.6 is 12.2 Å². The molecule has 0 aromatic heterocycles. The van der Waals surface area contributed by atoms with Crippen molar-refractivity contribution in [2.24, 2.45) is 4.40 Å². The summed E-state index contributed by atoms with van der Waals surface area (Å²) in [6, 6.07) is 15.7. The minimum atomic E-state index is -1.27. The Morgan fingerprint density at radius 3 is 2.54 bits per heavy atom. The van der Waals surface area contributed by atoms with Gasteiger partial charge in [-0.1, -0.05) is 40.8 Å². The predicted molar refractivity (Wildman–Crippen MR) is 106 cm³/mol. The number of rotatable bonds is 4. The SMILES string of the molecule is COC(=S)c1ccccc1-c1cccc(C=N[S+]([O-])C(C)(C)C)c1. The molecule has 3 nitrogen and oxygen atoms in total. The van der Waals surface area contributed by atoms with Gasteiger partial charge in [-0.25, -0.2) is 0 Å². The minimum absolute atomic E-state index is 0.370. The molecule has 0 aliphatic heterocycles. The van der Waals surface area contributed by atoms with Crippen molar-refractivity contribution >= 4 is 34.8 Å². The standard InChI is InChI=1S/C19H21NO2S2/c1-19(2,3)24(21)20-13-14-8-7-9-15(12-14)16-10-5-6-11-17(16)18(23)22-4/h5-13H,1-4H3. The highest BCUT2D eigenvalue weighted by molar-refractivity contribution is 7.91. The Morgan fingerprint density at radius 1 is 1.17 bits per heavy atom. The van der Waals surface area contributed by atoms with E-state index in [-0.39, 0.29) is 4.75 Å². The molecule has 5 heteroatoms. The highest BCUT2D eigenvalue weighted by Gasteiger charge is 2.25. The zero-order valence-electron chi connectivity index (χ0n) is 14.3. The van der Waals surface area contributed by atoms with Gasteiger partial charge in [-0.2, -0.15) is 0 Å². The molecule has 0 bridgehead atoms. The maximum Gasteiger partial charge on any atom is 0.191 e. The second-order valence-corrected chi connectivity index (χ2v) is 8.56. The maximum atomic E-state index is 12.1. The fourth-order valence-electron chi connectivity index (χ4n) is 2.08. The van der Waals surface area contributed by atoms with Crippen LogP contribution in [0.15, 0.2) is 52.9 Å². The molecule has 2 rings (SSSR count). The first-order valence-electron chi connectivity index (χ1n) is 7.57. The molecule has 0 heterocycles. The highest BCUT2D eigenvalue weighted by atomic mass is 32.2. The van der Waals surface area contributed by atoms with Crippen molar-refractivity contribution in [1.29, 1.82) is 0 Å². The van der Waals surface area contributed by atoms with Gasteiger partial charge >= 0.3 is 0 Å². The average Bonchev–Trinajstić information content (AvgIpc) is 2.58. The van der Waals surface area contributed by atoms with Crippen molar-refractivity contribution < 1.29 is 9.29 Å². The van der Waals surface area contributed by atoms with E-state index >= 15 is 0 Å². The fraction of sp³-hybridized carbons (Fsp3) is 0.263. The quantitative estimate of drug-likeness (QED) is 0.457. The summed E-state index contributed by atoms with van der Waals surface area (Å²) in [6.45, 7) is 5.70. The molecule has 0 amide bonds. The van der Waals surface area contributed by atoms with Gasteiger partial charge < -0.3 is 9.29 Å². The summed E-state index contributed by atoms with van der Waals surface area (Å²) in [4.78, 5) is 0. The van der Waals surface area contributed by atoms with Crippen molar-refractivity contribution in [3.05, 3.63) is 59.7 Å². The predicted octanol–water partition coefficient (Wildman–Crippen LogP) is 4.56. The molecule has 0 saturated carbocycles. The van der Waals surface area contributed by atoms with Crippen molar-refractivity contribution in [3.63, 3.8) is 0 Å². The molecule has 24 heavy (non-hydrogen) atoms. The molecule has 0 aliphatic rings. The van der Waals surface area contributed by atoms with E-state index in [9.17, 15) is 4.55 Å². The summed E-state index contributed by atoms with van der Waals surface area (Å²) in [5, 5.41) is 0.457. The van der Waals surface area contributed by atoms with Crippen LogP contribution in [0, 0.1) is 0 Å². The van der Waals surface area contributed by atoms with Gasteiger partial charge in [-0.15, -0.1) is 0 Å². The Balaban J connectivity index is 2.35. The lowest BCUT2D eigenvalue weighted by Gasteiger charge is -2.17. The summed E-state index contributed by atoms with van der Waals surface area (Å²) in [6.07, 6.45) is 1.65. The van der Waals surface area contributed by atoms with E-state index in [4.69, 9.17) is 17.0 Å². The van der Waals surface area contributed by atoms with Crippen LogP contribution in [0.1, 0.15) is 31.9 Å². The Bertz CT molecular complexity index is 751. The Hall–Kier alpha value is -1.69. The molecule has 0 N–H and O–H groups in total. The molecular weight excluding hydrogens is 338 g/mol. The van der Waals surface area contributed by atoms with Crippen molar-refractivity contribution in [3.8, 4) is 11.1 Å². The van der Waals surface area contributed by atoms with Gasteiger partial charge in [0.2, 0.25) is 0 Å². The third-order valence-corrected chi connectivity index (χ3v) is 5.08. The van der Waals surface area contributed by atoms with Crippen molar-refractivity contribution in [2.45, 2.75) is 25.5 Å². The number of nitrogens with zero attached hydrogens (tertiary/aromatic N) is 1. The number of ether oxygens (including phenoxy) is 1. The van der Waals surface area contributed by atoms with Crippen LogP contribution in [0.25, 0.3) is 11.1 Å². The zero-order valence-corrected chi connectivity index (χ0v) is 15.9. The van der Waals surface area contributed by atoms with Gasteiger partial charge in [0.05, 0.1) is 13.3 Å². The second kappa shape index (κ2) is 7.92. The number of benzene rings is 2. The molecule has 0 radical (unpaired) electrons. The second-order valence-electron chi connectivity index (χ2n) is 6.26. The van der Waals surface area contributed by atoms with Gasteiger partial charge in [-0.05, 0) is 61.8 Å². The number of thiocarbonyl (C=S) groups is 1. The summed E-state index contributed by atoms with van der Waals surface area (Å²) >= 11 is 4.01. The molecule has 0 aliphatic carbocycles. The van der Waals surface area contributed by atoms with Crippen molar-refractivity contribution in [2.75, 3.05) is 7.11 Å². The molecule has 0 fully saturated rings. The van der Waals surface area contributed by atoms with E-state index in [1.807, 2.05) is 69.3 Å². The number of hydrogen-bond donors (Lipinski definition) is 0. The molecule has 2 aromatic carbocycles. The Morgan fingerprint density at radius 2 is 1.88 bits per heavy atom. The molecule has 1 unspecified atom stereocenters. The Kier molecular flexibility index (Phi) is 6.15. The highest BCUT2D eigenvalue weighted by Crippen LogP contribution is 2.25. The smallest absolute Gasteiger partial charge is 0.191 e. The minimum Gasteiger partial charge on any atom is -0.591 e. The first kappa shape index (κ1) is 18.6. The first-order chi connectivity index (χ1) is 11.3. The summed E-state index contributed by atoms with van der Waals surface area (Å²) in [5.74, 6) is 0. The maximum absolute atomic E-state index is 12.1. The van der Waals surface area contributed by atoms with Crippen LogP contribution in [0.4, 0.5) is 0 Å². The lowest BCUT2D eigenvalue weighted by Crippen LogP contribution is -2.25. The zero-order chi connectivity index (χ0) is 17.7. The van der Waals surface area contributed by atoms with Crippen LogP contribution in [0.5, 0.6) is 0 Å². The molecule has 0 spiro atoms. The molecular formula is C19H21NO2S2. The molecule has 126 valence electrons. The first-order valence-corrected chi connectivity index (χ1v) is 9.08. The monoisotopic (exact) mass is 359 g/mol. The average molecular weight is 360 g/mol. The van der Waals surface area contributed by atoms with Crippen molar-refractivity contribution in [1.82, 2.24) is 0 Å². The van der Waals surface area contributed by atoms with Crippen LogP contribution in [0.2, 0.25) is 0 Å². The third-order valence-electron chi connectivity index (χ3n) is 3.35. The van der Waals surface area contributed by atoms with E-state index in [1.165, 1.54) is 0 Å². The van der Waals surface area contributed by atoms with Crippen LogP contribution < -0.4 is 0 Å². The normalized spacial score (nSPS) is 13.0. The lowest BCUT2D eigenvalue weighted by atomic mass is 9.98. The van der Waals surface area contributed by atoms with Crippen LogP contribution in [-0.4, -0.2) is 27.7 Å². The van der Waals surface area contributed by atoms with Gasteiger partial charge in [0.25, 0.3) is 0 Å². The van der Waals surface area contributed by atoms with E-state index < -0.39 is 11.4 Å². The summed E-state index contributed by atoms with van der Waals surface area (Å²) in [7, 11) is 1.57. The van der Waals surface area contributed by atoms with Gasteiger partial charge in [-0.3, -0.25) is 0 Å². The van der Waals surface area contributed by atoms with Crippen LogP contribution in [0.3, 0.4) is 0 Å².